The zero-order chi connectivity index (χ0) is 5.91. The Morgan fingerprint density at radius 1 is 1.57 bits per heavy atom. The second-order valence-electron chi connectivity index (χ2n) is 0.967. The SMILES string of the molecule is O=S(=O)(Cl)CCS. The van der Waals surface area contributed by atoms with Gasteiger partial charge in [-0.25, -0.2) is 8.42 Å². The Labute approximate surface area is 52.7 Å². The highest BCUT2D eigenvalue weighted by molar-refractivity contribution is 8.14. The molecule has 0 N–H and O–H groups in total. The van der Waals surface area contributed by atoms with Crippen LogP contribution in [0.4, 0.5) is 0 Å². The van der Waals surface area contributed by atoms with E-state index in [-0.39, 0.29) is 11.5 Å². The molecule has 0 aliphatic rings. The first-order valence-electron chi connectivity index (χ1n) is 1.59. The second kappa shape index (κ2) is 2.79. The summed E-state index contributed by atoms with van der Waals surface area (Å²) in [6, 6.07) is 0. The van der Waals surface area contributed by atoms with Gasteiger partial charge in [-0.15, -0.1) is 0 Å². The number of thiol groups is 1. The Hall–Kier alpha value is 0.590. The summed E-state index contributed by atoms with van der Waals surface area (Å²) in [6.45, 7) is 0. The average Bonchev–Trinajstić information content (AvgIpc) is 1.30. The normalized spacial score (nSPS) is 11.7. The van der Waals surface area contributed by atoms with Gasteiger partial charge in [0.15, 0.2) is 0 Å². The quantitative estimate of drug-likeness (QED) is 0.471. The topological polar surface area (TPSA) is 34.1 Å². The van der Waals surface area contributed by atoms with Crippen LogP contribution in [0.5, 0.6) is 0 Å². The van der Waals surface area contributed by atoms with E-state index in [0.717, 1.165) is 0 Å². The van der Waals surface area contributed by atoms with Gasteiger partial charge in [0.2, 0.25) is 9.05 Å². The van der Waals surface area contributed by atoms with E-state index < -0.39 is 9.05 Å². The highest BCUT2D eigenvalue weighted by Gasteiger charge is 1.99. The van der Waals surface area contributed by atoms with Gasteiger partial charge >= 0.3 is 0 Å². The van der Waals surface area contributed by atoms with Gasteiger partial charge in [-0.3, -0.25) is 0 Å². The van der Waals surface area contributed by atoms with Crippen LogP contribution < -0.4 is 0 Å². The fourth-order valence-electron chi connectivity index (χ4n) is 0.109. The van der Waals surface area contributed by atoms with Crippen molar-refractivity contribution in [1.82, 2.24) is 0 Å². The zero-order valence-corrected chi connectivity index (χ0v) is 5.93. The molecule has 0 aliphatic carbocycles. The molecule has 0 atom stereocenters. The van der Waals surface area contributed by atoms with Crippen molar-refractivity contribution in [2.75, 3.05) is 11.5 Å². The molecule has 0 aromatic carbocycles. The lowest BCUT2D eigenvalue weighted by Crippen LogP contribution is -1.96. The Bertz CT molecular complexity index is 127. The maximum Gasteiger partial charge on any atom is 0.233 e. The van der Waals surface area contributed by atoms with Gasteiger partial charge in [-0.1, -0.05) is 0 Å². The smallest absolute Gasteiger partial charge is 0.212 e. The minimum absolute atomic E-state index is 0.0579. The zero-order valence-electron chi connectivity index (χ0n) is 3.46. The van der Waals surface area contributed by atoms with Crippen LogP contribution >= 0.6 is 23.3 Å². The standard InChI is InChI=1S/C2H5ClO2S2/c3-7(4,5)2-1-6/h6H,1-2H2. The summed E-state index contributed by atoms with van der Waals surface area (Å²) >= 11 is 3.65. The first kappa shape index (κ1) is 7.59. The van der Waals surface area contributed by atoms with Crippen molar-refractivity contribution in [2.24, 2.45) is 0 Å². The lowest BCUT2D eigenvalue weighted by atomic mass is 11.0. The van der Waals surface area contributed by atoms with Crippen molar-refractivity contribution >= 4 is 32.4 Å². The Morgan fingerprint density at radius 3 is 2.00 bits per heavy atom. The summed E-state index contributed by atoms with van der Waals surface area (Å²) in [5.74, 6) is 0.226. The fourth-order valence-corrected chi connectivity index (χ4v) is 1.60. The molecule has 0 aliphatic heterocycles. The molecule has 0 saturated heterocycles. The van der Waals surface area contributed by atoms with Gasteiger partial charge in [0.05, 0.1) is 5.75 Å². The van der Waals surface area contributed by atoms with Gasteiger partial charge in [0.1, 0.15) is 0 Å². The van der Waals surface area contributed by atoms with Gasteiger partial charge in [0, 0.05) is 16.4 Å². The Kier molecular flexibility index (Phi) is 3.03. The van der Waals surface area contributed by atoms with Gasteiger partial charge in [-0.05, 0) is 0 Å². The number of hydrogen-bond donors (Lipinski definition) is 1. The summed E-state index contributed by atoms with van der Waals surface area (Å²) in [6.07, 6.45) is 0. The molecule has 0 heterocycles. The Morgan fingerprint density at radius 2 is 2.00 bits per heavy atom. The predicted molar refractivity (Wildman–Crippen MR) is 33.5 cm³/mol. The summed E-state index contributed by atoms with van der Waals surface area (Å²) in [7, 11) is 1.48. The van der Waals surface area contributed by atoms with E-state index in [1.807, 2.05) is 0 Å². The third-order valence-electron chi connectivity index (χ3n) is 0.335. The molecular weight excluding hydrogens is 156 g/mol. The fraction of sp³-hybridized carbons (Fsp3) is 1.00. The molecule has 5 heteroatoms. The predicted octanol–water partition coefficient (Wildman–Crippen LogP) is 0.485. The summed E-state index contributed by atoms with van der Waals surface area (Å²) in [5.41, 5.74) is 0. The molecular formula is C2H5ClO2S2. The molecule has 0 fully saturated rings. The van der Waals surface area contributed by atoms with Crippen molar-refractivity contribution in [3.8, 4) is 0 Å². The molecule has 0 rings (SSSR count). The van der Waals surface area contributed by atoms with E-state index in [1.54, 1.807) is 0 Å². The summed E-state index contributed by atoms with van der Waals surface area (Å²) in [4.78, 5) is 0. The first-order valence-corrected chi connectivity index (χ1v) is 4.70. The molecule has 0 bridgehead atoms. The molecule has 44 valence electrons. The molecule has 7 heavy (non-hydrogen) atoms. The first-order chi connectivity index (χ1) is 3.06. The van der Waals surface area contributed by atoms with Crippen molar-refractivity contribution in [3.63, 3.8) is 0 Å². The lowest BCUT2D eigenvalue weighted by Gasteiger charge is -1.83. The minimum atomic E-state index is -3.28. The maximum absolute atomic E-state index is 9.95. The monoisotopic (exact) mass is 160 g/mol. The van der Waals surface area contributed by atoms with Crippen molar-refractivity contribution in [3.05, 3.63) is 0 Å². The summed E-state index contributed by atoms with van der Waals surface area (Å²) < 4.78 is 19.9. The molecule has 0 amide bonds. The van der Waals surface area contributed by atoms with E-state index in [9.17, 15) is 8.42 Å². The molecule has 2 nitrogen and oxygen atoms in total. The van der Waals surface area contributed by atoms with Crippen LogP contribution in [-0.2, 0) is 9.05 Å². The molecule has 0 saturated carbocycles. The van der Waals surface area contributed by atoms with Crippen LogP contribution in [0.15, 0.2) is 0 Å². The van der Waals surface area contributed by atoms with Crippen LogP contribution in [0, 0.1) is 0 Å². The molecule has 0 aromatic rings. The molecule has 0 radical (unpaired) electrons. The molecule has 0 spiro atoms. The van der Waals surface area contributed by atoms with Gasteiger partial charge in [-0.2, -0.15) is 12.6 Å². The van der Waals surface area contributed by atoms with E-state index in [4.69, 9.17) is 10.7 Å². The van der Waals surface area contributed by atoms with Crippen molar-refractivity contribution in [1.29, 1.82) is 0 Å². The Balaban J connectivity index is 3.60. The third-order valence-corrected chi connectivity index (χ3v) is 2.02. The lowest BCUT2D eigenvalue weighted by molar-refractivity contribution is 0.611. The highest BCUT2D eigenvalue weighted by Crippen LogP contribution is 1.94. The van der Waals surface area contributed by atoms with Crippen molar-refractivity contribution in [2.45, 2.75) is 0 Å². The molecule has 0 unspecified atom stereocenters. The number of rotatable bonds is 2. The molecule has 0 aromatic heterocycles. The minimum Gasteiger partial charge on any atom is -0.212 e. The van der Waals surface area contributed by atoms with Crippen LogP contribution in [0.25, 0.3) is 0 Å². The van der Waals surface area contributed by atoms with Crippen LogP contribution in [0.2, 0.25) is 0 Å². The average molecular weight is 161 g/mol. The second-order valence-corrected chi connectivity index (χ2v) is 4.31. The van der Waals surface area contributed by atoms with Crippen LogP contribution in [0.1, 0.15) is 0 Å². The van der Waals surface area contributed by atoms with Crippen LogP contribution in [0.3, 0.4) is 0 Å². The van der Waals surface area contributed by atoms with Gasteiger partial charge in [0.25, 0.3) is 0 Å². The van der Waals surface area contributed by atoms with Crippen LogP contribution in [-0.4, -0.2) is 19.9 Å². The highest BCUT2D eigenvalue weighted by atomic mass is 35.7. The van der Waals surface area contributed by atoms with E-state index in [0.29, 0.717) is 0 Å². The van der Waals surface area contributed by atoms with E-state index in [1.165, 1.54) is 0 Å². The summed E-state index contributed by atoms with van der Waals surface area (Å²) in [5, 5.41) is 0. The number of halogens is 1. The van der Waals surface area contributed by atoms with E-state index >= 15 is 0 Å². The van der Waals surface area contributed by atoms with Gasteiger partial charge < -0.3 is 0 Å². The number of hydrogen-bond acceptors (Lipinski definition) is 3. The third kappa shape index (κ3) is 6.59. The van der Waals surface area contributed by atoms with Crippen molar-refractivity contribution < 1.29 is 8.42 Å². The maximum atomic E-state index is 9.95. The van der Waals surface area contributed by atoms with E-state index in [2.05, 4.69) is 12.6 Å². The largest absolute Gasteiger partial charge is 0.233 e.